The summed E-state index contributed by atoms with van der Waals surface area (Å²) in [6.07, 6.45) is -7.16. The van der Waals surface area contributed by atoms with Crippen LogP contribution < -0.4 is 10.0 Å². The maximum Gasteiger partial charge on any atom is 0.417 e. The van der Waals surface area contributed by atoms with Crippen molar-refractivity contribution in [1.82, 2.24) is 4.72 Å². The number of sulfonamides is 1. The van der Waals surface area contributed by atoms with Crippen molar-refractivity contribution in [3.05, 3.63) is 29.3 Å². The van der Waals surface area contributed by atoms with Crippen molar-refractivity contribution in [3.63, 3.8) is 0 Å². The number of unbranched alkanes of at least 4 members (excludes halogenated alkanes) is 5. The summed E-state index contributed by atoms with van der Waals surface area (Å²) < 4.78 is 101. The first-order valence-corrected chi connectivity index (χ1v) is 13.3. The molecule has 3 N–H and O–H groups in total. The van der Waals surface area contributed by atoms with Gasteiger partial charge in [0.15, 0.2) is 0 Å². The van der Waals surface area contributed by atoms with E-state index in [2.05, 4.69) is 10.0 Å². The molecule has 1 amide bonds. The van der Waals surface area contributed by atoms with Crippen LogP contribution in [0.4, 0.5) is 32.0 Å². The summed E-state index contributed by atoms with van der Waals surface area (Å²) in [5.41, 5.74) is -3.84. The first kappa shape index (κ1) is 32.7. The number of anilines is 1. The van der Waals surface area contributed by atoms with E-state index in [4.69, 9.17) is 5.26 Å². The molecule has 0 saturated carbocycles. The number of halogens is 6. The molecule has 1 aromatic carbocycles. The van der Waals surface area contributed by atoms with Gasteiger partial charge in [0.2, 0.25) is 10.0 Å². The molecular weight excluding hydrogens is 528 g/mol. The molecule has 0 fully saturated rings. The van der Waals surface area contributed by atoms with E-state index in [-0.39, 0.29) is 30.8 Å². The van der Waals surface area contributed by atoms with Crippen LogP contribution in [0.5, 0.6) is 0 Å². The number of nitrogens with one attached hydrogen (secondary N) is 2. The van der Waals surface area contributed by atoms with Crippen LogP contribution in [0, 0.1) is 11.3 Å². The van der Waals surface area contributed by atoms with Gasteiger partial charge in [-0.25, -0.2) is 13.1 Å². The molecule has 37 heavy (non-hydrogen) atoms. The Hall–Kier alpha value is -2.37. The molecule has 7 nitrogen and oxygen atoms in total. The highest BCUT2D eigenvalue weighted by atomic mass is 32.2. The van der Waals surface area contributed by atoms with E-state index < -0.39 is 51.4 Å². The maximum absolute atomic E-state index is 13.1. The topological polar surface area (TPSA) is 119 Å². The van der Waals surface area contributed by atoms with Gasteiger partial charge >= 0.3 is 12.4 Å². The molecule has 1 atom stereocenters. The largest absolute Gasteiger partial charge is 0.417 e. The second kappa shape index (κ2) is 14.0. The fourth-order valence-electron chi connectivity index (χ4n) is 3.39. The summed E-state index contributed by atoms with van der Waals surface area (Å²) in [4.78, 5) is 12.4. The smallest absolute Gasteiger partial charge is 0.380 e. The molecule has 0 aliphatic heterocycles. The number of nitriles is 1. The minimum absolute atomic E-state index is 0.0392. The maximum atomic E-state index is 13.1. The lowest BCUT2D eigenvalue weighted by Crippen LogP contribution is -2.40. The van der Waals surface area contributed by atoms with E-state index in [0.29, 0.717) is 44.6 Å². The number of carbonyl (C=O) groups is 1. The second-order valence-electron chi connectivity index (χ2n) is 8.90. The van der Waals surface area contributed by atoms with Gasteiger partial charge in [-0.1, -0.05) is 32.1 Å². The van der Waals surface area contributed by atoms with Crippen LogP contribution >= 0.6 is 0 Å². The van der Waals surface area contributed by atoms with Crippen LogP contribution in [-0.4, -0.2) is 43.5 Å². The molecule has 0 radical (unpaired) electrons. The van der Waals surface area contributed by atoms with E-state index >= 15 is 0 Å². The van der Waals surface area contributed by atoms with Crippen LogP contribution in [0.25, 0.3) is 0 Å². The summed E-state index contributed by atoms with van der Waals surface area (Å²) in [6, 6.07) is 4.14. The van der Waals surface area contributed by atoms with Crippen LogP contribution in [0.1, 0.15) is 75.8 Å². The van der Waals surface area contributed by atoms with Gasteiger partial charge < -0.3 is 10.4 Å². The minimum Gasteiger partial charge on any atom is -0.380 e. The van der Waals surface area contributed by atoms with E-state index in [9.17, 15) is 44.7 Å². The number of alkyl halides is 6. The lowest BCUT2D eigenvalue weighted by molar-refractivity contribution is -0.138. The third kappa shape index (κ3) is 13.1. The number of amides is 1. The second-order valence-corrected chi connectivity index (χ2v) is 10.8. The van der Waals surface area contributed by atoms with Gasteiger partial charge in [-0.3, -0.25) is 4.79 Å². The summed E-state index contributed by atoms with van der Waals surface area (Å²) >= 11 is 0. The van der Waals surface area contributed by atoms with Gasteiger partial charge in [0.25, 0.3) is 5.91 Å². The van der Waals surface area contributed by atoms with Crippen molar-refractivity contribution in [1.29, 1.82) is 5.26 Å². The Kier molecular flexibility index (Phi) is 12.3. The molecule has 0 aromatic heterocycles. The molecular formula is C23H31F6N3O4S. The summed E-state index contributed by atoms with van der Waals surface area (Å²) in [5.74, 6) is -1.09. The first-order chi connectivity index (χ1) is 17.0. The van der Waals surface area contributed by atoms with Crippen LogP contribution in [0.2, 0.25) is 0 Å². The molecule has 0 spiro atoms. The number of hydrogen-bond donors (Lipinski definition) is 3. The third-order valence-electron chi connectivity index (χ3n) is 5.48. The first-order valence-electron chi connectivity index (χ1n) is 11.7. The Bertz CT molecular complexity index is 1030. The van der Waals surface area contributed by atoms with Gasteiger partial charge in [0.1, 0.15) is 5.60 Å². The fourth-order valence-corrected chi connectivity index (χ4v) is 4.57. The van der Waals surface area contributed by atoms with Crippen molar-refractivity contribution in [2.75, 3.05) is 17.6 Å². The van der Waals surface area contributed by atoms with E-state index in [1.54, 1.807) is 0 Å². The van der Waals surface area contributed by atoms with Gasteiger partial charge in [0, 0.05) is 18.7 Å². The monoisotopic (exact) mass is 559 g/mol. The number of hydrogen-bond acceptors (Lipinski definition) is 5. The van der Waals surface area contributed by atoms with Gasteiger partial charge in [-0.2, -0.15) is 31.6 Å². The standard InChI is InChI=1S/C23H31F6N3O4S/c1-21(34,20(33)32-18-10-9-17(16-30)19(15-18)23(27,28)29)11-6-4-2-3-5-7-14-37(35,36)31-13-8-12-22(24,25)26/h9-10,15,31,34H,2-8,11-14H2,1H3,(H,32,33)/t21-/m0/s1. The number of nitrogens with zero attached hydrogens (tertiary/aromatic N) is 1. The number of aliphatic hydroxyl groups is 1. The molecule has 210 valence electrons. The van der Waals surface area contributed by atoms with E-state index in [0.717, 1.165) is 12.1 Å². The normalized spacial score (nSPS) is 14.1. The zero-order valence-electron chi connectivity index (χ0n) is 20.3. The SMILES string of the molecule is C[C@](O)(CCCCCCCCS(=O)(=O)NCCCC(F)(F)F)C(=O)Nc1ccc(C#N)c(C(F)(F)F)c1. The van der Waals surface area contributed by atoms with Gasteiger partial charge in [-0.15, -0.1) is 0 Å². The van der Waals surface area contributed by atoms with Crippen molar-refractivity contribution in [2.45, 2.75) is 82.7 Å². The van der Waals surface area contributed by atoms with Crippen molar-refractivity contribution in [2.24, 2.45) is 0 Å². The van der Waals surface area contributed by atoms with Crippen LogP contribution in [0.15, 0.2) is 18.2 Å². The zero-order valence-corrected chi connectivity index (χ0v) is 21.1. The molecule has 0 aliphatic rings. The van der Waals surface area contributed by atoms with Crippen molar-refractivity contribution < 1.29 is 44.7 Å². The summed E-state index contributed by atoms with van der Waals surface area (Å²) in [6.45, 7) is 0.966. The highest BCUT2D eigenvalue weighted by molar-refractivity contribution is 7.89. The quantitative estimate of drug-likeness (QED) is 0.200. The summed E-state index contributed by atoms with van der Waals surface area (Å²) in [5, 5.41) is 21.5. The van der Waals surface area contributed by atoms with Gasteiger partial charge in [0.05, 0.1) is 22.9 Å². The molecule has 0 heterocycles. The lowest BCUT2D eigenvalue weighted by atomic mass is 9.96. The van der Waals surface area contributed by atoms with Crippen LogP contribution in [-0.2, 0) is 21.0 Å². The average molecular weight is 560 g/mol. The Morgan fingerprint density at radius 3 is 2.14 bits per heavy atom. The predicted octanol–water partition coefficient (Wildman–Crippen LogP) is 5.26. The fraction of sp³-hybridized carbons (Fsp3) is 0.652. The molecule has 0 aliphatic carbocycles. The Morgan fingerprint density at radius 2 is 1.57 bits per heavy atom. The highest BCUT2D eigenvalue weighted by Crippen LogP contribution is 2.34. The molecule has 0 unspecified atom stereocenters. The molecule has 0 bridgehead atoms. The third-order valence-corrected chi connectivity index (χ3v) is 6.95. The minimum atomic E-state index is -4.79. The molecule has 1 rings (SSSR count). The van der Waals surface area contributed by atoms with Crippen LogP contribution in [0.3, 0.4) is 0 Å². The predicted molar refractivity (Wildman–Crippen MR) is 125 cm³/mol. The number of benzene rings is 1. The van der Waals surface area contributed by atoms with Gasteiger partial charge in [-0.05, 0) is 44.4 Å². The molecule has 14 heteroatoms. The zero-order chi connectivity index (χ0) is 28.3. The average Bonchev–Trinajstić information content (AvgIpc) is 2.77. The highest BCUT2D eigenvalue weighted by Gasteiger charge is 2.35. The summed E-state index contributed by atoms with van der Waals surface area (Å²) in [7, 11) is -3.64. The lowest BCUT2D eigenvalue weighted by Gasteiger charge is -2.22. The number of carbonyl (C=O) groups excluding carboxylic acids is 1. The Labute approximate surface area is 212 Å². The van der Waals surface area contributed by atoms with Crippen molar-refractivity contribution >= 4 is 21.6 Å². The van der Waals surface area contributed by atoms with E-state index in [1.165, 1.54) is 13.0 Å². The Morgan fingerprint density at radius 1 is 0.973 bits per heavy atom. The Balaban J connectivity index is 2.33. The van der Waals surface area contributed by atoms with Crippen molar-refractivity contribution in [3.8, 4) is 6.07 Å². The molecule has 0 saturated heterocycles. The van der Waals surface area contributed by atoms with E-state index in [1.807, 2.05) is 0 Å². The molecule has 1 aromatic rings. The number of rotatable bonds is 15.